The third-order valence-electron chi connectivity index (χ3n) is 3.90. The van der Waals surface area contributed by atoms with Gasteiger partial charge in [0.2, 0.25) is 0 Å². The summed E-state index contributed by atoms with van der Waals surface area (Å²) < 4.78 is 4.88. The molecule has 9 heteroatoms. The van der Waals surface area contributed by atoms with Gasteiger partial charge in [-0.15, -0.1) is 0 Å². The molecule has 2 rings (SSSR count). The molecule has 0 radical (unpaired) electrons. The van der Waals surface area contributed by atoms with Crippen LogP contribution in [0.1, 0.15) is 16.8 Å². The summed E-state index contributed by atoms with van der Waals surface area (Å²) in [4.78, 5) is 36.0. The summed E-state index contributed by atoms with van der Waals surface area (Å²) in [6.07, 6.45) is 0.717. The number of esters is 1. The molecule has 1 N–H and O–H groups in total. The maximum Gasteiger partial charge on any atom is 0.338 e. The van der Waals surface area contributed by atoms with Crippen LogP contribution in [-0.4, -0.2) is 43.5 Å². The minimum absolute atomic E-state index is 0.0478. The standard InChI is InChI=1S/C19H20ClN3O5/c1-22(15-6-3-2-4-7-15)11-5-10-21-18(24)13-28-19(25)14-8-9-16(20)17(12-14)23(26)27/h2-4,6-9,12H,5,10-11,13H2,1H3,(H,21,24). The van der Waals surface area contributed by atoms with Crippen molar-refractivity contribution in [3.05, 3.63) is 69.2 Å². The second-order valence-corrected chi connectivity index (χ2v) is 6.37. The highest BCUT2D eigenvalue weighted by Crippen LogP contribution is 2.25. The van der Waals surface area contributed by atoms with E-state index in [4.69, 9.17) is 16.3 Å². The van der Waals surface area contributed by atoms with Crippen molar-refractivity contribution >= 4 is 34.9 Å². The van der Waals surface area contributed by atoms with E-state index in [1.165, 1.54) is 12.1 Å². The average molecular weight is 406 g/mol. The number of nitrogens with zero attached hydrogens (tertiary/aromatic N) is 2. The Hall–Kier alpha value is -3.13. The number of hydrogen-bond acceptors (Lipinski definition) is 6. The molecule has 0 aromatic heterocycles. The topological polar surface area (TPSA) is 102 Å². The van der Waals surface area contributed by atoms with Crippen LogP contribution in [0.4, 0.5) is 11.4 Å². The van der Waals surface area contributed by atoms with Crippen molar-refractivity contribution in [3.8, 4) is 0 Å². The number of carbonyl (C=O) groups is 2. The number of halogens is 1. The quantitative estimate of drug-likeness (QED) is 0.298. The normalized spacial score (nSPS) is 10.2. The fourth-order valence-corrected chi connectivity index (χ4v) is 2.59. The van der Waals surface area contributed by atoms with Gasteiger partial charge in [-0.25, -0.2) is 4.79 Å². The molecule has 0 fully saturated rings. The van der Waals surface area contributed by atoms with Crippen LogP contribution < -0.4 is 10.2 Å². The Balaban J connectivity index is 1.71. The number of hydrogen-bond donors (Lipinski definition) is 1. The maximum atomic E-state index is 11.9. The van der Waals surface area contributed by atoms with Crippen molar-refractivity contribution in [1.29, 1.82) is 0 Å². The Kier molecular flexibility index (Phi) is 7.76. The van der Waals surface area contributed by atoms with Gasteiger partial charge in [0.1, 0.15) is 5.02 Å². The second kappa shape index (κ2) is 10.3. The molecule has 0 aliphatic carbocycles. The number of benzene rings is 2. The van der Waals surface area contributed by atoms with E-state index in [-0.39, 0.29) is 10.6 Å². The first-order valence-corrected chi connectivity index (χ1v) is 8.90. The van der Waals surface area contributed by atoms with E-state index < -0.39 is 29.1 Å². The molecule has 0 heterocycles. The van der Waals surface area contributed by atoms with Crippen molar-refractivity contribution in [2.45, 2.75) is 6.42 Å². The zero-order chi connectivity index (χ0) is 20.5. The summed E-state index contributed by atoms with van der Waals surface area (Å²) in [7, 11) is 1.96. The highest BCUT2D eigenvalue weighted by atomic mass is 35.5. The molecule has 0 aliphatic heterocycles. The van der Waals surface area contributed by atoms with Gasteiger partial charge >= 0.3 is 5.97 Å². The van der Waals surface area contributed by atoms with Crippen LogP contribution >= 0.6 is 11.6 Å². The third-order valence-corrected chi connectivity index (χ3v) is 4.22. The highest BCUT2D eigenvalue weighted by Gasteiger charge is 2.17. The molecule has 0 bridgehead atoms. The Labute approximate surface area is 167 Å². The largest absolute Gasteiger partial charge is 0.452 e. The van der Waals surface area contributed by atoms with E-state index in [0.717, 1.165) is 18.3 Å². The molecule has 0 atom stereocenters. The lowest BCUT2D eigenvalue weighted by molar-refractivity contribution is -0.384. The first kappa shape index (κ1) is 21.2. The molecule has 0 unspecified atom stereocenters. The van der Waals surface area contributed by atoms with Crippen LogP contribution in [0.3, 0.4) is 0 Å². The molecule has 28 heavy (non-hydrogen) atoms. The number of nitrogens with one attached hydrogen (secondary N) is 1. The highest BCUT2D eigenvalue weighted by molar-refractivity contribution is 6.32. The Morgan fingerprint density at radius 3 is 2.61 bits per heavy atom. The van der Waals surface area contributed by atoms with E-state index in [2.05, 4.69) is 10.2 Å². The fraction of sp³-hybridized carbons (Fsp3) is 0.263. The number of ether oxygens (including phenoxy) is 1. The zero-order valence-electron chi connectivity index (χ0n) is 15.3. The van der Waals surface area contributed by atoms with Crippen LogP contribution in [-0.2, 0) is 9.53 Å². The Morgan fingerprint density at radius 1 is 1.21 bits per heavy atom. The Bertz CT molecular complexity index is 845. The minimum atomic E-state index is -0.835. The number of carbonyl (C=O) groups excluding carboxylic acids is 2. The molecule has 0 spiro atoms. The number of nitro groups is 1. The van der Waals surface area contributed by atoms with Crippen molar-refractivity contribution in [2.24, 2.45) is 0 Å². The molecular formula is C19H20ClN3O5. The summed E-state index contributed by atoms with van der Waals surface area (Å²) in [6, 6.07) is 13.4. The van der Waals surface area contributed by atoms with E-state index >= 15 is 0 Å². The van der Waals surface area contributed by atoms with E-state index in [9.17, 15) is 19.7 Å². The molecule has 2 aromatic rings. The van der Waals surface area contributed by atoms with Crippen molar-refractivity contribution < 1.29 is 19.2 Å². The van der Waals surface area contributed by atoms with Gasteiger partial charge in [0.25, 0.3) is 11.6 Å². The van der Waals surface area contributed by atoms with Crippen molar-refractivity contribution in [2.75, 3.05) is 31.6 Å². The summed E-state index contributed by atoms with van der Waals surface area (Å²) in [5, 5.41) is 13.4. The molecule has 2 aromatic carbocycles. The molecule has 8 nitrogen and oxygen atoms in total. The monoisotopic (exact) mass is 405 g/mol. The number of anilines is 1. The lowest BCUT2D eigenvalue weighted by Gasteiger charge is -2.19. The van der Waals surface area contributed by atoms with Gasteiger partial charge in [0.05, 0.1) is 10.5 Å². The number of nitro benzene ring substituents is 1. The van der Waals surface area contributed by atoms with Gasteiger partial charge in [-0.1, -0.05) is 29.8 Å². The van der Waals surface area contributed by atoms with Crippen LogP contribution in [0.2, 0.25) is 5.02 Å². The molecule has 1 amide bonds. The van der Waals surface area contributed by atoms with E-state index in [1.54, 1.807) is 0 Å². The summed E-state index contributed by atoms with van der Waals surface area (Å²) in [5.41, 5.74) is 0.635. The SMILES string of the molecule is CN(CCCNC(=O)COC(=O)c1ccc(Cl)c([N+](=O)[O-])c1)c1ccccc1. The smallest absolute Gasteiger partial charge is 0.338 e. The van der Waals surface area contributed by atoms with Crippen molar-refractivity contribution in [1.82, 2.24) is 5.32 Å². The van der Waals surface area contributed by atoms with Gasteiger partial charge < -0.3 is 15.0 Å². The Morgan fingerprint density at radius 2 is 1.93 bits per heavy atom. The van der Waals surface area contributed by atoms with Crippen LogP contribution in [0.5, 0.6) is 0 Å². The maximum absolute atomic E-state index is 11.9. The predicted molar refractivity (Wildman–Crippen MR) is 106 cm³/mol. The minimum Gasteiger partial charge on any atom is -0.452 e. The zero-order valence-corrected chi connectivity index (χ0v) is 16.0. The van der Waals surface area contributed by atoms with Crippen LogP contribution in [0.15, 0.2) is 48.5 Å². The first-order valence-electron chi connectivity index (χ1n) is 8.52. The molecule has 148 valence electrons. The fourth-order valence-electron chi connectivity index (χ4n) is 2.40. The number of rotatable bonds is 9. The number of amides is 1. The van der Waals surface area contributed by atoms with E-state index in [1.807, 2.05) is 37.4 Å². The lowest BCUT2D eigenvalue weighted by atomic mass is 10.2. The molecular weight excluding hydrogens is 386 g/mol. The molecule has 0 saturated heterocycles. The van der Waals surface area contributed by atoms with Gasteiger partial charge in [0.15, 0.2) is 6.61 Å². The number of para-hydroxylation sites is 1. The summed E-state index contributed by atoms with van der Waals surface area (Å²) in [6.45, 7) is 0.711. The first-order chi connectivity index (χ1) is 13.4. The van der Waals surface area contributed by atoms with Gasteiger partial charge in [-0.05, 0) is 30.7 Å². The van der Waals surface area contributed by atoms with Gasteiger partial charge in [-0.3, -0.25) is 14.9 Å². The van der Waals surface area contributed by atoms with Gasteiger partial charge in [-0.2, -0.15) is 0 Å². The summed E-state index contributed by atoms with van der Waals surface area (Å²) >= 11 is 5.69. The summed E-state index contributed by atoms with van der Waals surface area (Å²) in [5.74, 6) is -1.28. The third kappa shape index (κ3) is 6.24. The van der Waals surface area contributed by atoms with Crippen LogP contribution in [0.25, 0.3) is 0 Å². The lowest BCUT2D eigenvalue weighted by Crippen LogP contribution is -2.31. The predicted octanol–water partition coefficient (Wildman–Crippen LogP) is 3.05. The molecule has 0 aliphatic rings. The van der Waals surface area contributed by atoms with Crippen molar-refractivity contribution in [3.63, 3.8) is 0 Å². The molecule has 0 saturated carbocycles. The van der Waals surface area contributed by atoms with Crippen LogP contribution in [0, 0.1) is 10.1 Å². The second-order valence-electron chi connectivity index (χ2n) is 5.96. The van der Waals surface area contributed by atoms with E-state index in [0.29, 0.717) is 13.0 Å². The van der Waals surface area contributed by atoms with Gasteiger partial charge in [0, 0.05) is 31.9 Å². The average Bonchev–Trinajstić information content (AvgIpc) is 2.70.